The van der Waals surface area contributed by atoms with Crippen molar-refractivity contribution in [1.82, 2.24) is 0 Å². The fourth-order valence-corrected chi connectivity index (χ4v) is 3.05. The van der Waals surface area contributed by atoms with Crippen molar-refractivity contribution >= 4 is 34.0 Å². The maximum Gasteiger partial charge on any atom is 0.277 e. The first-order valence-electron chi connectivity index (χ1n) is 5.78. The molecule has 16 heavy (non-hydrogen) atoms. The number of hydrogen-bond acceptors (Lipinski definition) is 0. The van der Waals surface area contributed by atoms with Gasteiger partial charge >= 0.3 is 0 Å². The van der Waals surface area contributed by atoms with Crippen LogP contribution in [0.4, 0.5) is 0 Å². The van der Waals surface area contributed by atoms with Crippen molar-refractivity contribution in [2.75, 3.05) is 0 Å². The highest BCUT2D eigenvalue weighted by atomic mass is 35.7. The van der Waals surface area contributed by atoms with E-state index in [4.69, 9.17) is 22.2 Å². The highest BCUT2D eigenvalue weighted by molar-refractivity contribution is 7.50. The van der Waals surface area contributed by atoms with Crippen molar-refractivity contribution in [2.24, 2.45) is 11.8 Å². The van der Waals surface area contributed by atoms with Crippen molar-refractivity contribution in [3.05, 3.63) is 29.8 Å². The predicted molar refractivity (Wildman–Crippen MR) is 77.1 cm³/mol. The van der Waals surface area contributed by atoms with Gasteiger partial charge in [0.05, 0.1) is 0 Å². The van der Waals surface area contributed by atoms with Crippen LogP contribution in [-0.4, -0.2) is 6.69 Å². The molecule has 0 spiro atoms. The zero-order chi connectivity index (χ0) is 12.3. The molecule has 0 radical (unpaired) electrons. The summed E-state index contributed by atoms with van der Waals surface area (Å²) in [6.07, 6.45) is 1.13. The third-order valence-electron chi connectivity index (χ3n) is 3.16. The van der Waals surface area contributed by atoms with Gasteiger partial charge in [-0.25, -0.2) is 0 Å². The van der Waals surface area contributed by atoms with Crippen LogP contribution in [0.2, 0.25) is 6.55 Å². The topological polar surface area (TPSA) is 0 Å². The molecule has 0 saturated carbocycles. The number of halogens is 2. The highest BCUT2D eigenvalue weighted by Crippen LogP contribution is 2.18. The molecule has 1 rings (SSSR count). The summed E-state index contributed by atoms with van der Waals surface area (Å²) in [4.78, 5) is 0. The highest BCUT2D eigenvalue weighted by Gasteiger charge is 2.23. The van der Waals surface area contributed by atoms with Crippen molar-refractivity contribution in [1.29, 1.82) is 0 Å². The second-order valence-electron chi connectivity index (χ2n) is 5.01. The van der Waals surface area contributed by atoms with Gasteiger partial charge in [0, 0.05) is 0 Å². The van der Waals surface area contributed by atoms with Crippen LogP contribution < -0.4 is 5.19 Å². The first kappa shape index (κ1) is 14.1. The van der Waals surface area contributed by atoms with E-state index in [0.29, 0.717) is 5.92 Å². The van der Waals surface area contributed by atoms with Crippen molar-refractivity contribution in [2.45, 2.75) is 33.7 Å². The van der Waals surface area contributed by atoms with Crippen LogP contribution >= 0.6 is 22.2 Å². The van der Waals surface area contributed by atoms with E-state index in [1.807, 2.05) is 6.55 Å². The molecule has 0 aliphatic heterocycles. The molecule has 0 aliphatic carbocycles. The van der Waals surface area contributed by atoms with E-state index < -0.39 is 6.69 Å². The third kappa shape index (κ3) is 4.12. The lowest BCUT2D eigenvalue weighted by Crippen LogP contribution is -2.32. The Bertz CT molecular complexity index is 325. The van der Waals surface area contributed by atoms with Gasteiger partial charge in [-0.1, -0.05) is 45.0 Å². The van der Waals surface area contributed by atoms with E-state index in [1.54, 1.807) is 0 Å². The molecule has 0 nitrogen and oxygen atoms in total. The Labute approximate surface area is 109 Å². The number of rotatable bonds is 4. The Balaban J connectivity index is 2.72. The van der Waals surface area contributed by atoms with Gasteiger partial charge in [-0.15, -0.1) is 22.2 Å². The largest absolute Gasteiger partial charge is 0.277 e. The minimum absolute atomic E-state index is 0.710. The zero-order valence-electron chi connectivity index (χ0n) is 10.4. The summed E-state index contributed by atoms with van der Waals surface area (Å²) in [5, 5.41) is 1.09. The summed E-state index contributed by atoms with van der Waals surface area (Å²) in [6, 6.07) is 8.47. The fourth-order valence-electron chi connectivity index (χ4n) is 1.54. The fraction of sp³-hybridized carbons (Fsp3) is 0.538. The summed E-state index contributed by atoms with van der Waals surface area (Å²) in [6.45, 7) is 6.58. The van der Waals surface area contributed by atoms with Gasteiger partial charge in [-0.2, -0.15) is 0 Å². The smallest absolute Gasteiger partial charge is 0.140 e. The van der Waals surface area contributed by atoms with Crippen LogP contribution in [0.1, 0.15) is 26.3 Å². The van der Waals surface area contributed by atoms with Gasteiger partial charge in [-0.05, 0) is 35.6 Å². The van der Waals surface area contributed by atoms with Gasteiger partial charge in [0.2, 0.25) is 0 Å². The Hall–Kier alpha value is 0.0169. The molecule has 0 amide bonds. The quantitative estimate of drug-likeness (QED) is 0.568. The monoisotopic (exact) mass is 274 g/mol. The average molecular weight is 275 g/mol. The van der Waals surface area contributed by atoms with Crippen LogP contribution in [0.5, 0.6) is 0 Å². The molecule has 0 fully saturated rings. The first-order valence-corrected chi connectivity index (χ1v) is 10.3. The third-order valence-corrected chi connectivity index (χ3v) is 5.81. The summed E-state index contributed by atoms with van der Waals surface area (Å²) < 4.78 is 0. The maximum atomic E-state index is 6.17. The molecule has 3 heteroatoms. The van der Waals surface area contributed by atoms with Crippen LogP contribution in [0.3, 0.4) is 0 Å². The molecule has 1 atom stereocenters. The normalized spacial score (nSPS) is 14.2. The molecule has 0 saturated heterocycles. The van der Waals surface area contributed by atoms with Gasteiger partial charge in [0.15, 0.2) is 0 Å². The molecule has 0 heterocycles. The number of hydrogen-bond donors (Lipinski definition) is 0. The van der Waals surface area contributed by atoms with Gasteiger partial charge in [0.1, 0.15) is 0 Å². The Morgan fingerprint density at radius 1 is 1.06 bits per heavy atom. The van der Waals surface area contributed by atoms with E-state index in [-0.39, 0.29) is 0 Å². The first-order chi connectivity index (χ1) is 7.30. The van der Waals surface area contributed by atoms with Crippen molar-refractivity contribution in [3.8, 4) is 0 Å². The Kier molecular flexibility index (Phi) is 4.90. The molecule has 0 aromatic heterocycles. The van der Waals surface area contributed by atoms with Crippen LogP contribution in [-0.2, 0) is 6.42 Å². The van der Waals surface area contributed by atoms with E-state index in [9.17, 15) is 0 Å². The maximum absolute atomic E-state index is 6.17. The SMILES string of the molecule is CC(C)C(C)Cc1ccc([Si](C)(Cl)Cl)cc1. The minimum atomic E-state index is -2.17. The molecular weight excluding hydrogens is 255 g/mol. The molecule has 1 unspecified atom stereocenters. The van der Waals surface area contributed by atoms with Crippen molar-refractivity contribution in [3.63, 3.8) is 0 Å². The Morgan fingerprint density at radius 3 is 1.94 bits per heavy atom. The summed E-state index contributed by atoms with van der Waals surface area (Å²) >= 11 is 12.3. The number of benzene rings is 1. The summed E-state index contributed by atoms with van der Waals surface area (Å²) in [7, 11) is 0. The Morgan fingerprint density at radius 2 is 1.56 bits per heavy atom. The van der Waals surface area contributed by atoms with E-state index in [0.717, 1.165) is 17.5 Å². The lowest BCUT2D eigenvalue weighted by Gasteiger charge is -2.16. The molecule has 1 aromatic rings. The molecule has 1 aromatic carbocycles. The van der Waals surface area contributed by atoms with Gasteiger partial charge in [0.25, 0.3) is 6.69 Å². The van der Waals surface area contributed by atoms with Crippen LogP contribution in [0.25, 0.3) is 0 Å². The van der Waals surface area contributed by atoms with Crippen molar-refractivity contribution < 1.29 is 0 Å². The van der Waals surface area contributed by atoms with E-state index in [1.165, 1.54) is 5.56 Å². The van der Waals surface area contributed by atoms with Gasteiger partial charge in [-0.3, -0.25) is 0 Å². The van der Waals surface area contributed by atoms with E-state index in [2.05, 4.69) is 45.0 Å². The van der Waals surface area contributed by atoms with Gasteiger partial charge < -0.3 is 0 Å². The lowest BCUT2D eigenvalue weighted by atomic mass is 9.91. The summed E-state index contributed by atoms with van der Waals surface area (Å²) in [5.74, 6) is 1.43. The molecule has 0 bridgehead atoms. The van der Waals surface area contributed by atoms with Crippen LogP contribution in [0.15, 0.2) is 24.3 Å². The van der Waals surface area contributed by atoms with Crippen LogP contribution in [0, 0.1) is 11.8 Å². The minimum Gasteiger partial charge on any atom is -0.140 e. The second-order valence-corrected chi connectivity index (χ2v) is 12.5. The standard InChI is InChI=1S/C13H20Cl2Si/c1-10(2)11(3)9-12-5-7-13(8-6-12)16(4,14)15/h5-8,10-11H,9H2,1-4H3. The van der Waals surface area contributed by atoms with E-state index >= 15 is 0 Å². The summed E-state index contributed by atoms with van der Waals surface area (Å²) in [5.41, 5.74) is 1.37. The molecule has 90 valence electrons. The second kappa shape index (κ2) is 5.57. The molecular formula is C13H20Cl2Si. The lowest BCUT2D eigenvalue weighted by molar-refractivity contribution is 0.417. The zero-order valence-corrected chi connectivity index (χ0v) is 12.9. The molecule has 0 aliphatic rings. The predicted octanol–water partition coefficient (Wildman–Crippen LogP) is 4.28. The average Bonchev–Trinajstić information content (AvgIpc) is 2.17. The molecule has 0 N–H and O–H groups in total.